The molecule has 0 heterocycles. The molecular formula is C14H25N3O3. The van der Waals surface area contributed by atoms with Gasteiger partial charge in [-0.2, -0.15) is 0 Å². The molecule has 0 aliphatic heterocycles. The normalized spacial score (nSPS) is 20.9. The van der Waals surface area contributed by atoms with Crippen LogP contribution < -0.4 is 10.6 Å². The molecule has 2 saturated carbocycles. The number of rotatable bonds is 7. The zero-order valence-corrected chi connectivity index (χ0v) is 12.2. The number of nitrogens with zero attached hydrogens (tertiary/aromatic N) is 1. The first-order chi connectivity index (χ1) is 9.57. The number of likely N-dealkylation sites (N-methyl/N-ethyl adjacent to an activating group) is 1. The molecule has 0 aromatic heterocycles. The molecule has 0 aromatic carbocycles. The number of carboxylic acids is 1. The third-order valence-corrected chi connectivity index (χ3v) is 4.37. The van der Waals surface area contributed by atoms with Gasteiger partial charge in [-0.05, 0) is 32.2 Å². The Labute approximate surface area is 119 Å². The van der Waals surface area contributed by atoms with E-state index in [9.17, 15) is 14.7 Å². The Morgan fingerprint density at radius 3 is 2.45 bits per heavy atom. The van der Waals surface area contributed by atoms with Gasteiger partial charge in [-0.3, -0.25) is 4.90 Å². The molecule has 114 valence electrons. The van der Waals surface area contributed by atoms with Crippen LogP contribution in [0.3, 0.4) is 0 Å². The van der Waals surface area contributed by atoms with Crippen LogP contribution in [0.25, 0.3) is 0 Å². The number of hydrogen-bond acceptors (Lipinski definition) is 3. The van der Waals surface area contributed by atoms with Gasteiger partial charge >= 0.3 is 12.0 Å². The quantitative estimate of drug-likeness (QED) is 0.655. The highest BCUT2D eigenvalue weighted by atomic mass is 16.4. The summed E-state index contributed by atoms with van der Waals surface area (Å²) in [5.41, 5.74) is -1.05. The van der Waals surface area contributed by atoms with Crippen molar-refractivity contribution in [1.82, 2.24) is 15.5 Å². The first-order valence-electron chi connectivity index (χ1n) is 7.61. The van der Waals surface area contributed by atoms with Crippen molar-refractivity contribution in [3.63, 3.8) is 0 Å². The van der Waals surface area contributed by atoms with Gasteiger partial charge in [-0.15, -0.1) is 0 Å². The number of urea groups is 1. The number of aliphatic carboxylic acids is 1. The number of carboxylic acid groups (broad SMARTS) is 1. The molecule has 6 heteroatoms. The van der Waals surface area contributed by atoms with Crippen molar-refractivity contribution in [2.45, 2.75) is 57.0 Å². The van der Waals surface area contributed by atoms with Crippen LogP contribution in [0.5, 0.6) is 0 Å². The van der Waals surface area contributed by atoms with Crippen LogP contribution in [0, 0.1) is 0 Å². The van der Waals surface area contributed by atoms with E-state index >= 15 is 0 Å². The van der Waals surface area contributed by atoms with Crippen LogP contribution in [0.4, 0.5) is 4.79 Å². The Bertz CT molecular complexity index is 363. The van der Waals surface area contributed by atoms with Crippen molar-refractivity contribution in [1.29, 1.82) is 0 Å². The van der Waals surface area contributed by atoms with Crippen LogP contribution >= 0.6 is 0 Å². The number of carbonyl (C=O) groups is 2. The molecule has 0 atom stereocenters. The standard InChI is InChI=1S/C14H25N3O3/c1-2-17(11-5-6-11)10-9-15-13(20)16-14(12(18)19)7-3-4-8-14/h11H,2-10H2,1H3,(H,18,19)(H2,15,16,20). The largest absolute Gasteiger partial charge is 0.480 e. The minimum Gasteiger partial charge on any atom is -0.480 e. The van der Waals surface area contributed by atoms with E-state index in [0.717, 1.165) is 25.9 Å². The smallest absolute Gasteiger partial charge is 0.329 e. The fourth-order valence-electron chi connectivity index (χ4n) is 2.98. The maximum Gasteiger partial charge on any atom is 0.329 e. The van der Waals surface area contributed by atoms with Crippen molar-refractivity contribution in [2.75, 3.05) is 19.6 Å². The third-order valence-electron chi connectivity index (χ3n) is 4.37. The van der Waals surface area contributed by atoms with Gasteiger partial charge in [0, 0.05) is 19.1 Å². The molecule has 0 aromatic rings. The molecule has 0 radical (unpaired) electrons. The molecule has 2 amide bonds. The maximum atomic E-state index is 11.9. The number of carbonyl (C=O) groups excluding carboxylic acids is 1. The topological polar surface area (TPSA) is 81.7 Å². The highest BCUT2D eigenvalue weighted by molar-refractivity contribution is 5.86. The molecule has 0 spiro atoms. The predicted molar refractivity (Wildman–Crippen MR) is 75.6 cm³/mol. The molecule has 2 fully saturated rings. The van der Waals surface area contributed by atoms with Crippen molar-refractivity contribution >= 4 is 12.0 Å². The molecular weight excluding hydrogens is 258 g/mol. The van der Waals surface area contributed by atoms with Crippen LogP contribution in [0.15, 0.2) is 0 Å². The van der Waals surface area contributed by atoms with Crippen LogP contribution in [0.1, 0.15) is 45.4 Å². The molecule has 3 N–H and O–H groups in total. The summed E-state index contributed by atoms with van der Waals surface area (Å²) in [5.74, 6) is -0.918. The number of amides is 2. The Balaban J connectivity index is 1.72. The lowest BCUT2D eigenvalue weighted by atomic mass is 9.98. The average molecular weight is 283 g/mol. The number of hydrogen-bond donors (Lipinski definition) is 3. The van der Waals surface area contributed by atoms with E-state index in [0.29, 0.717) is 25.4 Å². The van der Waals surface area contributed by atoms with E-state index in [1.165, 1.54) is 12.8 Å². The summed E-state index contributed by atoms with van der Waals surface area (Å²) in [4.78, 5) is 25.5. The summed E-state index contributed by atoms with van der Waals surface area (Å²) >= 11 is 0. The minimum absolute atomic E-state index is 0.360. The van der Waals surface area contributed by atoms with E-state index in [1.807, 2.05) is 0 Å². The van der Waals surface area contributed by atoms with Crippen molar-refractivity contribution in [2.24, 2.45) is 0 Å². The lowest BCUT2D eigenvalue weighted by molar-refractivity contribution is -0.144. The van der Waals surface area contributed by atoms with Crippen molar-refractivity contribution < 1.29 is 14.7 Å². The van der Waals surface area contributed by atoms with E-state index in [1.54, 1.807) is 0 Å². The molecule has 0 bridgehead atoms. The summed E-state index contributed by atoms with van der Waals surface area (Å²) in [7, 11) is 0. The second-order valence-electron chi connectivity index (χ2n) is 5.84. The van der Waals surface area contributed by atoms with Gasteiger partial charge in [0.25, 0.3) is 0 Å². The van der Waals surface area contributed by atoms with Gasteiger partial charge < -0.3 is 15.7 Å². The summed E-state index contributed by atoms with van der Waals surface area (Å²) in [6.07, 6.45) is 5.28. The van der Waals surface area contributed by atoms with Crippen molar-refractivity contribution in [3.8, 4) is 0 Å². The SMILES string of the molecule is CCN(CCNC(=O)NC1(C(=O)O)CCCC1)C1CC1. The van der Waals surface area contributed by atoms with Gasteiger partial charge in [0.15, 0.2) is 0 Å². The second kappa shape index (κ2) is 6.43. The van der Waals surface area contributed by atoms with Gasteiger partial charge in [-0.25, -0.2) is 9.59 Å². The fourth-order valence-corrected chi connectivity index (χ4v) is 2.98. The first kappa shape index (κ1) is 15.1. The Kier molecular flexibility index (Phi) is 4.86. The number of nitrogens with one attached hydrogen (secondary N) is 2. The molecule has 2 rings (SSSR count). The average Bonchev–Trinajstić information content (AvgIpc) is 3.14. The molecule has 6 nitrogen and oxygen atoms in total. The van der Waals surface area contributed by atoms with E-state index in [-0.39, 0.29) is 6.03 Å². The minimum atomic E-state index is -1.05. The second-order valence-corrected chi connectivity index (χ2v) is 5.84. The predicted octanol–water partition coefficient (Wildman–Crippen LogP) is 1.17. The van der Waals surface area contributed by atoms with Gasteiger partial charge in [0.2, 0.25) is 0 Å². The lowest BCUT2D eigenvalue weighted by Crippen LogP contribution is -2.56. The zero-order valence-electron chi connectivity index (χ0n) is 12.2. The zero-order chi connectivity index (χ0) is 14.6. The Morgan fingerprint density at radius 1 is 1.30 bits per heavy atom. The maximum absolute atomic E-state index is 11.9. The van der Waals surface area contributed by atoms with Crippen LogP contribution in [-0.4, -0.2) is 53.2 Å². The third kappa shape index (κ3) is 3.62. The van der Waals surface area contributed by atoms with Crippen molar-refractivity contribution in [3.05, 3.63) is 0 Å². The molecule has 2 aliphatic rings. The highest BCUT2D eigenvalue weighted by Gasteiger charge is 2.42. The van der Waals surface area contributed by atoms with E-state index < -0.39 is 11.5 Å². The lowest BCUT2D eigenvalue weighted by Gasteiger charge is -2.26. The summed E-state index contributed by atoms with van der Waals surface area (Å²) in [5, 5.41) is 14.7. The Hall–Kier alpha value is -1.30. The summed E-state index contributed by atoms with van der Waals surface area (Å²) in [6, 6.07) is 0.325. The van der Waals surface area contributed by atoms with E-state index in [4.69, 9.17) is 0 Å². The van der Waals surface area contributed by atoms with Gasteiger partial charge in [0.1, 0.15) is 5.54 Å². The van der Waals surface area contributed by atoms with Crippen LogP contribution in [-0.2, 0) is 4.79 Å². The highest BCUT2D eigenvalue weighted by Crippen LogP contribution is 2.29. The van der Waals surface area contributed by atoms with E-state index in [2.05, 4.69) is 22.5 Å². The monoisotopic (exact) mass is 283 g/mol. The fraction of sp³-hybridized carbons (Fsp3) is 0.857. The van der Waals surface area contributed by atoms with Gasteiger partial charge in [0.05, 0.1) is 0 Å². The molecule has 2 aliphatic carbocycles. The summed E-state index contributed by atoms with van der Waals surface area (Å²) < 4.78 is 0. The molecule has 0 unspecified atom stereocenters. The first-order valence-corrected chi connectivity index (χ1v) is 7.61. The van der Waals surface area contributed by atoms with Crippen LogP contribution in [0.2, 0.25) is 0 Å². The Morgan fingerprint density at radius 2 is 1.95 bits per heavy atom. The van der Waals surface area contributed by atoms with Gasteiger partial charge in [-0.1, -0.05) is 19.8 Å². The summed E-state index contributed by atoms with van der Waals surface area (Å²) in [6.45, 7) is 4.50. The molecule has 0 saturated heterocycles. The molecule has 20 heavy (non-hydrogen) atoms.